The third-order valence-corrected chi connectivity index (χ3v) is 4.50. The molecule has 31 heavy (non-hydrogen) atoms. The molecule has 174 valence electrons. The molecule has 0 spiro atoms. The molecule has 0 aromatic heterocycles. The number of hydrogen-bond acceptors (Lipinski definition) is 8. The number of aliphatic carboxylic acids is 1. The predicted molar refractivity (Wildman–Crippen MR) is 104 cm³/mol. The number of hydrogen-bond donors (Lipinski definition) is 8. The lowest BCUT2D eigenvalue weighted by Crippen LogP contribution is -2.59. The van der Waals surface area contributed by atoms with Crippen molar-refractivity contribution < 1.29 is 39.0 Å². The number of carboxylic acid groups (broad SMARTS) is 1. The van der Waals surface area contributed by atoms with Gasteiger partial charge in [-0.15, -0.1) is 0 Å². The van der Waals surface area contributed by atoms with Crippen LogP contribution in [-0.2, 0) is 28.8 Å². The highest BCUT2D eigenvalue weighted by molar-refractivity contribution is 5.97. The van der Waals surface area contributed by atoms with Crippen LogP contribution in [0.1, 0.15) is 32.6 Å². The van der Waals surface area contributed by atoms with Crippen LogP contribution in [0.5, 0.6) is 0 Å². The Bertz CT molecular complexity index is 721. The third-order valence-electron chi connectivity index (χ3n) is 4.50. The molecule has 1 fully saturated rings. The van der Waals surface area contributed by atoms with Gasteiger partial charge in [0, 0.05) is 0 Å². The summed E-state index contributed by atoms with van der Waals surface area (Å²) in [6.45, 7) is 1.73. The number of aliphatic hydroxyl groups is 1. The van der Waals surface area contributed by atoms with E-state index in [1.165, 1.54) is 0 Å². The standard InChI is InChI=1S/C17H28N6O8/c1-7(24)13(17(30)31)23-16(29)10(6-12(19)26)22-15(28)9(5-11(18)25)21-14(27)8-3-2-4-20-8/h7-10,13,20,24H,2-6H2,1H3,(H2,18,25)(H2,19,26)(H,21,27)(H,22,28)(H,23,29)(H,30,31). The number of nitrogens with one attached hydrogen (secondary N) is 4. The maximum atomic E-state index is 12.6. The van der Waals surface area contributed by atoms with Gasteiger partial charge in [-0.05, 0) is 26.3 Å². The highest BCUT2D eigenvalue weighted by Gasteiger charge is 2.33. The van der Waals surface area contributed by atoms with Gasteiger partial charge in [0.1, 0.15) is 12.1 Å². The van der Waals surface area contributed by atoms with Gasteiger partial charge in [-0.3, -0.25) is 24.0 Å². The summed E-state index contributed by atoms with van der Waals surface area (Å²) in [5.74, 6) is -6.10. The minimum atomic E-state index is -1.71. The number of amides is 5. The molecule has 0 saturated carbocycles. The number of carbonyl (C=O) groups is 6. The highest BCUT2D eigenvalue weighted by atomic mass is 16.4. The number of primary amides is 2. The average Bonchev–Trinajstić information content (AvgIpc) is 3.18. The van der Waals surface area contributed by atoms with E-state index in [0.717, 1.165) is 13.3 Å². The molecule has 0 aliphatic carbocycles. The van der Waals surface area contributed by atoms with E-state index in [1.807, 2.05) is 5.32 Å². The van der Waals surface area contributed by atoms with Gasteiger partial charge < -0.3 is 42.9 Å². The Hall–Kier alpha value is -3.26. The molecular formula is C17H28N6O8. The highest BCUT2D eigenvalue weighted by Crippen LogP contribution is 2.06. The Morgan fingerprint density at radius 1 is 0.968 bits per heavy atom. The van der Waals surface area contributed by atoms with Gasteiger partial charge in [-0.25, -0.2) is 4.79 Å². The van der Waals surface area contributed by atoms with Gasteiger partial charge in [-0.1, -0.05) is 0 Å². The Labute approximate surface area is 177 Å². The second-order valence-electron chi connectivity index (χ2n) is 7.18. The summed E-state index contributed by atoms with van der Waals surface area (Å²) in [6, 6.07) is -5.34. The minimum absolute atomic E-state index is 0.527. The maximum Gasteiger partial charge on any atom is 0.328 e. The molecule has 0 aromatic carbocycles. The molecule has 1 heterocycles. The van der Waals surface area contributed by atoms with E-state index in [-0.39, 0.29) is 0 Å². The zero-order valence-electron chi connectivity index (χ0n) is 16.9. The lowest BCUT2D eigenvalue weighted by atomic mass is 10.1. The summed E-state index contributed by atoms with van der Waals surface area (Å²) in [7, 11) is 0. The summed E-state index contributed by atoms with van der Waals surface area (Å²) < 4.78 is 0. The van der Waals surface area contributed by atoms with E-state index >= 15 is 0 Å². The van der Waals surface area contributed by atoms with Crippen LogP contribution >= 0.6 is 0 Å². The fourth-order valence-corrected chi connectivity index (χ4v) is 2.92. The van der Waals surface area contributed by atoms with Crippen molar-refractivity contribution in [1.82, 2.24) is 21.3 Å². The van der Waals surface area contributed by atoms with E-state index in [2.05, 4.69) is 16.0 Å². The first-order valence-electron chi connectivity index (χ1n) is 9.54. The molecule has 0 aromatic rings. The molecule has 1 aliphatic heterocycles. The van der Waals surface area contributed by atoms with Crippen LogP contribution in [-0.4, -0.2) is 82.5 Å². The van der Waals surface area contributed by atoms with Crippen molar-refractivity contribution >= 4 is 35.5 Å². The van der Waals surface area contributed by atoms with Gasteiger partial charge >= 0.3 is 5.97 Å². The number of nitrogens with two attached hydrogens (primary N) is 2. The molecule has 14 nitrogen and oxygen atoms in total. The summed E-state index contributed by atoms with van der Waals surface area (Å²) in [6.07, 6.45) is -1.49. The molecule has 0 radical (unpaired) electrons. The molecule has 10 N–H and O–H groups in total. The molecule has 1 rings (SSSR count). The van der Waals surface area contributed by atoms with E-state index in [0.29, 0.717) is 13.0 Å². The van der Waals surface area contributed by atoms with Crippen molar-refractivity contribution in [3.8, 4) is 0 Å². The average molecular weight is 444 g/mol. The van der Waals surface area contributed by atoms with Crippen molar-refractivity contribution in [2.24, 2.45) is 11.5 Å². The summed E-state index contributed by atoms with van der Waals surface area (Å²) in [5.41, 5.74) is 10.2. The first-order chi connectivity index (χ1) is 14.4. The molecule has 5 unspecified atom stereocenters. The van der Waals surface area contributed by atoms with Crippen molar-refractivity contribution in [2.45, 2.75) is 62.9 Å². The largest absolute Gasteiger partial charge is 0.480 e. The first-order valence-corrected chi connectivity index (χ1v) is 9.54. The molecule has 14 heteroatoms. The van der Waals surface area contributed by atoms with Crippen LogP contribution < -0.4 is 32.7 Å². The summed E-state index contributed by atoms with van der Waals surface area (Å²) in [5, 5.41) is 28.0. The first kappa shape index (κ1) is 25.8. The zero-order valence-corrected chi connectivity index (χ0v) is 16.9. The lowest BCUT2D eigenvalue weighted by molar-refractivity contribution is -0.145. The lowest BCUT2D eigenvalue weighted by Gasteiger charge is -2.24. The van der Waals surface area contributed by atoms with Gasteiger partial charge in [0.05, 0.1) is 25.0 Å². The van der Waals surface area contributed by atoms with E-state index in [9.17, 15) is 33.9 Å². The third kappa shape index (κ3) is 8.55. The zero-order chi connectivity index (χ0) is 23.7. The van der Waals surface area contributed by atoms with Gasteiger partial charge in [0.25, 0.3) is 0 Å². The minimum Gasteiger partial charge on any atom is -0.480 e. The topological polar surface area (TPSA) is 243 Å². The predicted octanol–water partition coefficient (Wildman–Crippen LogP) is -4.59. The second-order valence-corrected chi connectivity index (χ2v) is 7.18. The van der Waals surface area contributed by atoms with Crippen LogP contribution in [0.25, 0.3) is 0 Å². The molecule has 1 aliphatic rings. The molecule has 5 atom stereocenters. The maximum absolute atomic E-state index is 12.6. The Kier molecular flexibility index (Phi) is 9.82. The van der Waals surface area contributed by atoms with Gasteiger partial charge in [0.2, 0.25) is 29.5 Å². The number of rotatable bonds is 12. The number of carboxylic acids is 1. The van der Waals surface area contributed by atoms with Crippen LogP contribution in [0.3, 0.4) is 0 Å². The Morgan fingerprint density at radius 2 is 1.48 bits per heavy atom. The Morgan fingerprint density at radius 3 is 1.90 bits per heavy atom. The quantitative estimate of drug-likeness (QED) is 0.144. The fourth-order valence-electron chi connectivity index (χ4n) is 2.92. The fraction of sp³-hybridized carbons (Fsp3) is 0.647. The number of carbonyl (C=O) groups excluding carboxylic acids is 5. The smallest absolute Gasteiger partial charge is 0.328 e. The number of aliphatic hydroxyl groups excluding tert-OH is 1. The van der Waals surface area contributed by atoms with Gasteiger partial charge in [0.15, 0.2) is 6.04 Å². The van der Waals surface area contributed by atoms with Crippen LogP contribution in [0.4, 0.5) is 0 Å². The van der Waals surface area contributed by atoms with Gasteiger partial charge in [-0.2, -0.15) is 0 Å². The van der Waals surface area contributed by atoms with Crippen molar-refractivity contribution in [3.05, 3.63) is 0 Å². The van der Waals surface area contributed by atoms with Crippen LogP contribution in [0, 0.1) is 0 Å². The Balaban J connectivity index is 2.94. The monoisotopic (exact) mass is 444 g/mol. The summed E-state index contributed by atoms with van der Waals surface area (Å²) >= 11 is 0. The normalized spacial score (nSPS) is 19.4. The second kappa shape index (κ2) is 11.8. The van der Waals surface area contributed by atoms with Crippen molar-refractivity contribution in [2.75, 3.05) is 6.54 Å². The summed E-state index contributed by atoms with van der Waals surface area (Å²) in [4.78, 5) is 71.1. The molecular weight excluding hydrogens is 416 g/mol. The van der Waals surface area contributed by atoms with E-state index in [4.69, 9.17) is 16.6 Å². The molecule has 1 saturated heterocycles. The van der Waals surface area contributed by atoms with Crippen molar-refractivity contribution in [1.29, 1.82) is 0 Å². The molecule has 0 bridgehead atoms. The van der Waals surface area contributed by atoms with Crippen molar-refractivity contribution in [3.63, 3.8) is 0 Å². The SMILES string of the molecule is CC(O)C(NC(=O)C(CC(N)=O)NC(=O)C(CC(N)=O)NC(=O)C1CCCN1)C(=O)O. The van der Waals surface area contributed by atoms with E-state index < -0.39 is 78.6 Å². The van der Waals surface area contributed by atoms with Crippen LogP contribution in [0.2, 0.25) is 0 Å². The van der Waals surface area contributed by atoms with E-state index in [1.54, 1.807) is 0 Å². The van der Waals surface area contributed by atoms with Crippen LogP contribution in [0.15, 0.2) is 0 Å². The molecule has 5 amide bonds.